The van der Waals surface area contributed by atoms with Gasteiger partial charge in [0.15, 0.2) is 0 Å². The van der Waals surface area contributed by atoms with E-state index in [0.717, 1.165) is 36.0 Å². The van der Waals surface area contributed by atoms with Crippen molar-refractivity contribution in [2.75, 3.05) is 0 Å². The Morgan fingerprint density at radius 1 is 1.15 bits per heavy atom. The normalized spacial score (nSPS) is 39.0. The number of rotatable bonds is 8. The van der Waals surface area contributed by atoms with Gasteiger partial charge in [-0.2, -0.15) is 8.42 Å². The molecule has 0 bridgehead atoms. The van der Waals surface area contributed by atoms with Gasteiger partial charge in [-0.25, -0.2) is 4.18 Å². The number of carbonyl (C=O) groups excluding carboxylic acids is 1. The van der Waals surface area contributed by atoms with Crippen LogP contribution in [-0.2, 0) is 24.1 Å². The lowest BCUT2D eigenvalue weighted by Gasteiger charge is -2.62. The van der Waals surface area contributed by atoms with Crippen LogP contribution in [0.4, 0.5) is 0 Å². The fraction of sp³-hybridized carbons (Fsp3) is 0.781. The summed E-state index contributed by atoms with van der Waals surface area (Å²) in [6, 6.07) is 0. The molecule has 0 spiro atoms. The van der Waals surface area contributed by atoms with Crippen molar-refractivity contribution in [2.45, 2.75) is 118 Å². The maximum Gasteiger partial charge on any atom is 0.397 e. The van der Waals surface area contributed by atoms with Crippen molar-refractivity contribution < 1.29 is 36.9 Å². The Morgan fingerprint density at radius 3 is 2.34 bits per heavy atom. The third-order valence-corrected chi connectivity index (χ3v) is 11.8. The van der Waals surface area contributed by atoms with Crippen LogP contribution in [0.2, 0.25) is 0 Å². The van der Waals surface area contributed by atoms with E-state index in [1.165, 1.54) is 12.5 Å². The van der Waals surface area contributed by atoms with Gasteiger partial charge in [0, 0.05) is 12.3 Å². The molecule has 0 aromatic carbocycles. The lowest BCUT2D eigenvalue weighted by molar-refractivity contribution is -0.173. The molecule has 9 atom stereocenters. The standard InChI is InChI=1S/C32H50O8S/c1-17(2)18(3)10-11-19(4)22-13-14-23-21-12-15-25-30(6,7)28(40-41(36,37)38)24(34)16-31(25,8)26(21)27(35)29(32(22,23)9)39-20(5)33/h14,17,19,22,24-25,27-29,34-35H,3,10-13,15-16H2,1-2,4-9H3,(H,36,37,38)/t19?,22-,24-,25+,27-,28+,29+,31+,32-/m1/s1. The molecule has 0 aromatic heterocycles. The number of hydrogen-bond acceptors (Lipinski definition) is 7. The minimum Gasteiger partial charge on any atom is -0.458 e. The Balaban J connectivity index is 1.78. The van der Waals surface area contributed by atoms with Gasteiger partial charge in [-0.05, 0) is 89.7 Å². The van der Waals surface area contributed by atoms with Gasteiger partial charge < -0.3 is 14.9 Å². The summed E-state index contributed by atoms with van der Waals surface area (Å²) in [5.41, 5.74) is 2.08. The molecule has 41 heavy (non-hydrogen) atoms. The summed E-state index contributed by atoms with van der Waals surface area (Å²) in [7, 11) is -4.78. The molecule has 8 nitrogen and oxygen atoms in total. The van der Waals surface area contributed by atoms with E-state index in [0.29, 0.717) is 24.7 Å². The number of carbonyl (C=O) groups is 1. The predicted molar refractivity (Wildman–Crippen MR) is 157 cm³/mol. The largest absolute Gasteiger partial charge is 0.458 e. The SMILES string of the molecule is C=C(CCC(C)[C@H]1CC=C2C3=C([C@@H](O)[C@H](OC(C)=O)[C@@]21C)[C@@]1(C)C[C@@H](O)[C@H](OS(=O)(=O)O)C(C)(C)[C@@H]1CC3)C(C)C. The van der Waals surface area contributed by atoms with Crippen LogP contribution < -0.4 is 0 Å². The van der Waals surface area contributed by atoms with Gasteiger partial charge in [0.2, 0.25) is 0 Å². The lowest BCUT2D eigenvalue weighted by Crippen LogP contribution is -2.63. The molecular weight excluding hydrogens is 544 g/mol. The predicted octanol–water partition coefficient (Wildman–Crippen LogP) is 5.57. The first-order valence-corrected chi connectivity index (χ1v) is 16.4. The number of ether oxygens (including phenoxy) is 1. The Hall–Kier alpha value is -1.52. The van der Waals surface area contributed by atoms with Gasteiger partial charge in [-0.15, -0.1) is 0 Å². The summed E-state index contributed by atoms with van der Waals surface area (Å²) in [6.45, 7) is 20.0. The highest BCUT2D eigenvalue weighted by atomic mass is 32.3. The molecule has 0 aliphatic heterocycles. The molecule has 0 heterocycles. The monoisotopic (exact) mass is 594 g/mol. The Bertz CT molecular complexity index is 1250. The molecule has 3 N–H and O–H groups in total. The average Bonchev–Trinajstić information content (AvgIpc) is 3.19. The van der Waals surface area contributed by atoms with Crippen molar-refractivity contribution in [1.82, 2.24) is 0 Å². The summed E-state index contributed by atoms with van der Waals surface area (Å²) in [4.78, 5) is 12.5. The molecule has 1 unspecified atom stereocenters. The molecule has 4 rings (SSSR count). The van der Waals surface area contributed by atoms with Crippen LogP contribution in [0.5, 0.6) is 0 Å². The molecule has 0 amide bonds. The minimum absolute atomic E-state index is 0.144. The zero-order chi connectivity index (χ0) is 30.9. The van der Waals surface area contributed by atoms with Gasteiger partial charge >= 0.3 is 16.4 Å². The average molecular weight is 595 g/mol. The topological polar surface area (TPSA) is 130 Å². The van der Waals surface area contributed by atoms with E-state index in [2.05, 4.69) is 40.3 Å². The zero-order valence-electron chi connectivity index (χ0n) is 25.9. The molecule has 1 saturated carbocycles. The van der Waals surface area contributed by atoms with E-state index in [1.54, 1.807) is 0 Å². The van der Waals surface area contributed by atoms with E-state index >= 15 is 0 Å². The van der Waals surface area contributed by atoms with Crippen LogP contribution >= 0.6 is 0 Å². The van der Waals surface area contributed by atoms with Crippen molar-refractivity contribution in [3.05, 3.63) is 34.9 Å². The number of hydrogen-bond donors (Lipinski definition) is 3. The molecule has 0 radical (unpaired) electrons. The molecular formula is C32H50O8S. The highest BCUT2D eigenvalue weighted by Gasteiger charge is 2.65. The highest BCUT2D eigenvalue weighted by molar-refractivity contribution is 7.80. The number of allylic oxidation sites excluding steroid dienone is 3. The van der Waals surface area contributed by atoms with Crippen LogP contribution in [0.3, 0.4) is 0 Å². The van der Waals surface area contributed by atoms with E-state index in [9.17, 15) is 28.0 Å². The molecule has 1 fully saturated rings. The summed E-state index contributed by atoms with van der Waals surface area (Å²) in [5, 5.41) is 23.4. The second kappa shape index (κ2) is 10.9. The Kier molecular flexibility index (Phi) is 8.60. The minimum atomic E-state index is -4.78. The van der Waals surface area contributed by atoms with E-state index in [4.69, 9.17) is 8.92 Å². The first-order valence-electron chi connectivity index (χ1n) is 15.1. The number of aliphatic hydroxyl groups is 2. The van der Waals surface area contributed by atoms with E-state index in [1.807, 2.05) is 20.8 Å². The molecule has 0 aromatic rings. The second-order valence-corrected chi connectivity index (χ2v) is 15.5. The van der Waals surface area contributed by atoms with Gasteiger partial charge in [0.25, 0.3) is 0 Å². The maximum absolute atomic E-state index is 12.5. The second-order valence-electron chi connectivity index (χ2n) is 14.5. The van der Waals surface area contributed by atoms with Crippen molar-refractivity contribution in [3.63, 3.8) is 0 Å². The first-order chi connectivity index (χ1) is 18.8. The number of aliphatic hydroxyl groups excluding tert-OH is 2. The van der Waals surface area contributed by atoms with Gasteiger partial charge in [0.1, 0.15) is 18.3 Å². The van der Waals surface area contributed by atoms with Gasteiger partial charge in [0.05, 0.1) is 6.10 Å². The smallest absolute Gasteiger partial charge is 0.397 e. The quantitative estimate of drug-likeness (QED) is 0.189. The highest BCUT2D eigenvalue weighted by Crippen LogP contribution is 2.67. The summed E-state index contributed by atoms with van der Waals surface area (Å²) in [5.74, 6) is 0.267. The van der Waals surface area contributed by atoms with Crippen LogP contribution in [0.25, 0.3) is 0 Å². The summed E-state index contributed by atoms with van der Waals surface area (Å²) < 4.78 is 43.9. The molecule has 0 saturated heterocycles. The summed E-state index contributed by atoms with van der Waals surface area (Å²) in [6.07, 6.45) is 2.28. The number of fused-ring (bicyclic) bond motifs is 4. The van der Waals surface area contributed by atoms with Crippen LogP contribution in [-0.4, -0.2) is 53.6 Å². The number of esters is 1. The van der Waals surface area contributed by atoms with Crippen LogP contribution in [0.15, 0.2) is 34.9 Å². The first kappa shape index (κ1) is 32.4. The van der Waals surface area contributed by atoms with Crippen molar-refractivity contribution in [3.8, 4) is 0 Å². The lowest BCUT2D eigenvalue weighted by atomic mass is 9.45. The third kappa shape index (κ3) is 5.39. The zero-order valence-corrected chi connectivity index (χ0v) is 26.8. The molecule has 232 valence electrons. The van der Waals surface area contributed by atoms with Crippen LogP contribution in [0.1, 0.15) is 93.9 Å². The third-order valence-electron chi connectivity index (χ3n) is 11.4. The van der Waals surface area contributed by atoms with Gasteiger partial charge in [-0.3, -0.25) is 9.35 Å². The van der Waals surface area contributed by atoms with Crippen molar-refractivity contribution in [2.24, 2.45) is 39.9 Å². The fourth-order valence-electron chi connectivity index (χ4n) is 9.36. The van der Waals surface area contributed by atoms with Gasteiger partial charge in [-0.1, -0.05) is 66.7 Å². The maximum atomic E-state index is 12.5. The Labute approximate surface area is 246 Å². The van der Waals surface area contributed by atoms with E-state index in [-0.39, 0.29) is 18.3 Å². The van der Waals surface area contributed by atoms with E-state index < -0.39 is 57.0 Å². The molecule has 9 heteroatoms. The van der Waals surface area contributed by atoms with Crippen molar-refractivity contribution in [1.29, 1.82) is 0 Å². The van der Waals surface area contributed by atoms with Crippen LogP contribution in [0, 0.1) is 39.9 Å². The Morgan fingerprint density at radius 2 is 1.78 bits per heavy atom. The van der Waals surface area contributed by atoms with Crippen molar-refractivity contribution >= 4 is 16.4 Å². The molecule has 4 aliphatic rings. The fourth-order valence-corrected chi connectivity index (χ4v) is 10.0. The molecule has 4 aliphatic carbocycles. The summed E-state index contributed by atoms with van der Waals surface area (Å²) >= 11 is 0.